The molecular weight excluding hydrogens is 286 g/mol. The minimum absolute atomic E-state index is 0.540. The Morgan fingerprint density at radius 2 is 2.00 bits per heavy atom. The number of nitrogens with zero attached hydrogens (tertiary/aromatic N) is 4. The fourth-order valence-electron chi connectivity index (χ4n) is 2.42. The third-order valence-electron chi connectivity index (χ3n) is 3.62. The molecule has 114 valence electrons. The number of para-hydroxylation sites is 1. The molecule has 2 heterocycles. The first-order valence-corrected chi connectivity index (χ1v) is 7.34. The van der Waals surface area contributed by atoms with Crippen LogP contribution in [0.15, 0.2) is 48.7 Å². The number of pyridine rings is 2. The predicted molar refractivity (Wildman–Crippen MR) is 92.3 cm³/mol. The van der Waals surface area contributed by atoms with Crippen molar-refractivity contribution in [3.8, 4) is 6.07 Å². The predicted octanol–water partition coefficient (Wildman–Crippen LogP) is 3.18. The number of anilines is 2. The Bertz CT molecular complexity index is 880. The highest BCUT2D eigenvalue weighted by molar-refractivity contribution is 5.84. The summed E-state index contributed by atoms with van der Waals surface area (Å²) in [5.74, 6) is 1.50. The van der Waals surface area contributed by atoms with E-state index in [9.17, 15) is 0 Å². The van der Waals surface area contributed by atoms with E-state index in [0.29, 0.717) is 17.9 Å². The zero-order valence-corrected chi connectivity index (χ0v) is 13.1. The van der Waals surface area contributed by atoms with E-state index in [1.165, 1.54) is 0 Å². The number of nitriles is 1. The number of rotatable bonds is 4. The maximum absolute atomic E-state index is 9.16. The zero-order chi connectivity index (χ0) is 16.2. The van der Waals surface area contributed by atoms with Crippen LogP contribution in [0.5, 0.6) is 0 Å². The molecule has 0 amide bonds. The third-order valence-corrected chi connectivity index (χ3v) is 3.62. The van der Waals surface area contributed by atoms with Gasteiger partial charge in [-0.3, -0.25) is 0 Å². The van der Waals surface area contributed by atoms with Gasteiger partial charge in [0.25, 0.3) is 0 Å². The summed E-state index contributed by atoms with van der Waals surface area (Å²) >= 11 is 0. The number of aromatic nitrogens is 2. The molecule has 23 heavy (non-hydrogen) atoms. The summed E-state index contributed by atoms with van der Waals surface area (Å²) in [4.78, 5) is 10.9. The number of hydrogen-bond acceptors (Lipinski definition) is 5. The quantitative estimate of drug-likeness (QED) is 0.802. The van der Waals surface area contributed by atoms with Crippen molar-refractivity contribution in [3.63, 3.8) is 0 Å². The molecule has 0 unspecified atom stereocenters. The minimum Gasteiger partial charge on any atom is -0.365 e. The van der Waals surface area contributed by atoms with Crippen LogP contribution in [0.2, 0.25) is 0 Å². The first kappa shape index (κ1) is 14.8. The summed E-state index contributed by atoms with van der Waals surface area (Å²) in [5.41, 5.74) is 2.62. The SMILES string of the molecule is CN(C)c1cc(CNc2ncccc2C#N)c2ccccc2n1. The highest BCUT2D eigenvalue weighted by atomic mass is 15.1. The molecule has 0 atom stereocenters. The Labute approximate surface area is 135 Å². The Morgan fingerprint density at radius 3 is 2.78 bits per heavy atom. The summed E-state index contributed by atoms with van der Waals surface area (Å²) in [5, 5.41) is 13.5. The highest BCUT2D eigenvalue weighted by Crippen LogP contribution is 2.23. The van der Waals surface area contributed by atoms with Gasteiger partial charge in [-0.15, -0.1) is 0 Å². The van der Waals surface area contributed by atoms with Gasteiger partial charge >= 0.3 is 0 Å². The van der Waals surface area contributed by atoms with Crippen molar-refractivity contribution in [1.82, 2.24) is 9.97 Å². The number of nitrogens with one attached hydrogen (secondary N) is 1. The molecule has 3 rings (SSSR count). The van der Waals surface area contributed by atoms with E-state index in [2.05, 4.69) is 33.5 Å². The molecule has 1 N–H and O–H groups in total. The molecule has 5 heteroatoms. The summed E-state index contributed by atoms with van der Waals surface area (Å²) in [6.45, 7) is 0.579. The van der Waals surface area contributed by atoms with Crippen LogP contribution >= 0.6 is 0 Å². The Hall–Kier alpha value is -3.13. The normalized spacial score (nSPS) is 10.3. The molecular formula is C18H17N5. The zero-order valence-electron chi connectivity index (χ0n) is 13.1. The molecule has 0 bridgehead atoms. The van der Waals surface area contributed by atoms with Crippen molar-refractivity contribution in [2.75, 3.05) is 24.3 Å². The van der Waals surface area contributed by atoms with Gasteiger partial charge in [-0.1, -0.05) is 18.2 Å². The summed E-state index contributed by atoms with van der Waals surface area (Å²) in [6, 6.07) is 15.8. The van der Waals surface area contributed by atoms with E-state index in [-0.39, 0.29) is 0 Å². The lowest BCUT2D eigenvalue weighted by molar-refractivity contribution is 1.06. The highest BCUT2D eigenvalue weighted by Gasteiger charge is 2.08. The maximum atomic E-state index is 9.16. The molecule has 0 radical (unpaired) electrons. The molecule has 0 aliphatic carbocycles. The standard InChI is InChI=1S/C18H17N5/c1-23(2)17-10-14(15-7-3-4-8-16(15)22-17)12-21-18-13(11-19)6-5-9-20-18/h3-10H,12H2,1-2H3,(H,20,21). The molecule has 2 aromatic heterocycles. The second-order valence-electron chi connectivity index (χ2n) is 5.42. The summed E-state index contributed by atoms with van der Waals surface area (Å²) in [7, 11) is 3.95. The fourth-order valence-corrected chi connectivity index (χ4v) is 2.42. The lowest BCUT2D eigenvalue weighted by Crippen LogP contribution is -2.12. The van der Waals surface area contributed by atoms with Crippen LogP contribution < -0.4 is 10.2 Å². The van der Waals surface area contributed by atoms with E-state index in [4.69, 9.17) is 5.26 Å². The smallest absolute Gasteiger partial charge is 0.144 e. The third kappa shape index (κ3) is 3.06. The minimum atomic E-state index is 0.540. The van der Waals surface area contributed by atoms with Crippen LogP contribution in [0.4, 0.5) is 11.6 Å². The first-order valence-electron chi connectivity index (χ1n) is 7.34. The average molecular weight is 303 g/mol. The molecule has 0 saturated heterocycles. The lowest BCUT2D eigenvalue weighted by Gasteiger charge is -2.16. The monoisotopic (exact) mass is 303 g/mol. The molecule has 0 spiro atoms. The van der Waals surface area contributed by atoms with E-state index >= 15 is 0 Å². The lowest BCUT2D eigenvalue weighted by atomic mass is 10.1. The van der Waals surface area contributed by atoms with E-state index in [0.717, 1.165) is 22.3 Å². The molecule has 0 aliphatic heterocycles. The van der Waals surface area contributed by atoms with Gasteiger partial charge in [0.1, 0.15) is 17.7 Å². The van der Waals surface area contributed by atoms with Gasteiger partial charge in [0.2, 0.25) is 0 Å². The van der Waals surface area contributed by atoms with Crippen LogP contribution in [0.1, 0.15) is 11.1 Å². The number of benzene rings is 1. The number of fused-ring (bicyclic) bond motifs is 1. The van der Waals surface area contributed by atoms with E-state index < -0.39 is 0 Å². The van der Waals surface area contributed by atoms with Crippen molar-refractivity contribution in [2.24, 2.45) is 0 Å². The Balaban J connectivity index is 1.97. The first-order chi connectivity index (χ1) is 11.2. The van der Waals surface area contributed by atoms with Crippen LogP contribution in [-0.4, -0.2) is 24.1 Å². The van der Waals surface area contributed by atoms with Gasteiger partial charge in [0, 0.05) is 32.2 Å². The van der Waals surface area contributed by atoms with E-state index in [1.54, 1.807) is 18.3 Å². The van der Waals surface area contributed by atoms with Crippen LogP contribution in [0.25, 0.3) is 10.9 Å². The topological polar surface area (TPSA) is 64.8 Å². The second-order valence-corrected chi connectivity index (χ2v) is 5.42. The summed E-state index contributed by atoms with van der Waals surface area (Å²) in [6.07, 6.45) is 1.68. The molecule has 1 aromatic carbocycles. The fraction of sp³-hybridized carbons (Fsp3) is 0.167. The van der Waals surface area contributed by atoms with Crippen molar-refractivity contribution >= 4 is 22.5 Å². The van der Waals surface area contributed by atoms with Gasteiger partial charge in [-0.2, -0.15) is 5.26 Å². The van der Waals surface area contributed by atoms with Crippen molar-refractivity contribution in [1.29, 1.82) is 5.26 Å². The Morgan fingerprint density at radius 1 is 1.17 bits per heavy atom. The van der Waals surface area contributed by atoms with Crippen molar-refractivity contribution in [3.05, 3.63) is 59.8 Å². The number of hydrogen-bond donors (Lipinski definition) is 1. The van der Waals surface area contributed by atoms with Crippen molar-refractivity contribution in [2.45, 2.75) is 6.54 Å². The van der Waals surface area contributed by atoms with Crippen LogP contribution in [0.3, 0.4) is 0 Å². The molecule has 0 aliphatic rings. The van der Waals surface area contributed by atoms with Crippen LogP contribution in [0, 0.1) is 11.3 Å². The van der Waals surface area contributed by atoms with Crippen molar-refractivity contribution < 1.29 is 0 Å². The summed E-state index contributed by atoms with van der Waals surface area (Å²) < 4.78 is 0. The molecule has 3 aromatic rings. The van der Waals surface area contributed by atoms with Gasteiger partial charge in [0.05, 0.1) is 11.1 Å². The van der Waals surface area contributed by atoms with E-state index in [1.807, 2.05) is 37.2 Å². The maximum Gasteiger partial charge on any atom is 0.144 e. The molecule has 0 saturated carbocycles. The van der Waals surface area contributed by atoms with Crippen LogP contribution in [-0.2, 0) is 6.54 Å². The van der Waals surface area contributed by atoms with Gasteiger partial charge in [-0.25, -0.2) is 9.97 Å². The average Bonchev–Trinajstić information content (AvgIpc) is 2.59. The largest absolute Gasteiger partial charge is 0.365 e. The molecule has 5 nitrogen and oxygen atoms in total. The molecule has 0 fully saturated rings. The Kier molecular flexibility index (Phi) is 4.07. The van der Waals surface area contributed by atoms with Gasteiger partial charge in [-0.05, 0) is 29.8 Å². The van der Waals surface area contributed by atoms with Gasteiger partial charge < -0.3 is 10.2 Å². The van der Waals surface area contributed by atoms with Gasteiger partial charge in [0.15, 0.2) is 0 Å². The second kappa shape index (κ2) is 6.32.